The van der Waals surface area contributed by atoms with Gasteiger partial charge in [-0.05, 0) is 17.7 Å². The Morgan fingerprint density at radius 2 is 2.22 bits per heavy atom. The second-order valence-electron chi connectivity index (χ2n) is 6.49. The van der Waals surface area contributed by atoms with Crippen molar-refractivity contribution in [3.63, 3.8) is 0 Å². The van der Waals surface area contributed by atoms with Gasteiger partial charge in [-0.25, -0.2) is 0 Å². The number of fused-ring (bicyclic) bond motifs is 5. The quantitative estimate of drug-likeness (QED) is 0.370. The van der Waals surface area contributed by atoms with E-state index in [4.69, 9.17) is 4.74 Å². The molecular formula is C18H20N2O3. The molecule has 2 aliphatic heterocycles. The van der Waals surface area contributed by atoms with E-state index in [0.717, 1.165) is 17.6 Å². The largest absolute Gasteiger partial charge is 0.632 e. The molecule has 0 radical (unpaired) electrons. The lowest BCUT2D eigenvalue weighted by Crippen LogP contribution is -2.72. The van der Waals surface area contributed by atoms with Gasteiger partial charge in [-0.15, -0.1) is 0 Å². The number of esters is 1. The Kier molecular flexibility index (Phi) is 2.95. The number of nitrogens with zero attached hydrogens (tertiary/aromatic N) is 2. The predicted molar refractivity (Wildman–Crippen MR) is 87.3 cm³/mol. The molecule has 0 bridgehead atoms. The highest BCUT2D eigenvalue weighted by atomic mass is 16.6. The highest BCUT2D eigenvalue weighted by molar-refractivity contribution is 5.86. The average molecular weight is 312 g/mol. The van der Waals surface area contributed by atoms with Crippen LogP contribution in [0.4, 0.5) is 0 Å². The van der Waals surface area contributed by atoms with Crippen molar-refractivity contribution in [3.05, 3.63) is 53.4 Å². The van der Waals surface area contributed by atoms with Crippen LogP contribution in [0.3, 0.4) is 0 Å². The van der Waals surface area contributed by atoms with Crippen LogP contribution in [0.1, 0.15) is 17.3 Å². The zero-order valence-corrected chi connectivity index (χ0v) is 13.4. The van der Waals surface area contributed by atoms with Gasteiger partial charge in [-0.1, -0.05) is 24.8 Å². The van der Waals surface area contributed by atoms with Crippen molar-refractivity contribution in [3.8, 4) is 0 Å². The predicted octanol–water partition coefficient (Wildman–Crippen LogP) is 2.45. The number of methoxy groups -OCH3 is 1. The molecule has 0 amide bonds. The third-order valence-electron chi connectivity index (χ3n) is 5.65. The van der Waals surface area contributed by atoms with Crippen LogP contribution in [0, 0.1) is 11.1 Å². The SMILES string of the molecule is C=C[C@@H]1[C@H](C(=O)OC)[C@H]2c3c(c4ccccc4n3C)CC[N+]12[O-]. The van der Waals surface area contributed by atoms with Crippen molar-refractivity contribution >= 4 is 16.9 Å². The Morgan fingerprint density at radius 3 is 2.91 bits per heavy atom. The molecule has 1 aromatic carbocycles. The molecule has 0 N–H and O–H groups in total. The summed E-state index contributed by atoms with van der Waals surface area (Å²) in [4.78, 5) is 12.3. The number of hydroxylamine groups is 3. The van der Waals surface area contributed by atoms with Crippen molar-refractivity contribution in [2.24, 2.45) is 13.0 Å². The highest BCUT2D eigenvalue weighted by Crippen LogP contribution is 2.56. The summed E-state index contributed by atoms with van der Waals surface area (Å²) in [5.41, 5.74) is 3.30. The fourth-order valence-corrected chi connectivity index (χ4v) is 4.63. The summed E-state index contributed by atoms with van der Waals surface area (Å²) in [6.07, 6.45) is 2.35. The Hall–Kier alpha value is -2.11. The number of rotatable bonds is 2. The van der Waals surface area contributed by atoms with Crippen LogP contribution in [-0.2, 0) is 23.0 Å². The van der Waals surface area contributed by atoms with E-state index in [0.29, 0.717) is 6.54 Å². The first-order valence-corrected chi connectivity index (χ1v) is 7.89. The maximum Gasteiger partial charge on any atom is 0.321 e. The molecule has 0 saturated carbocycles. The van der Waals surface area contributed by atoms with E-state index in [2.05, 4.69) is 23.3 Å². The van der Waals surface area contributed by atoms with E-state index >= 15 is 0 Å². The summed E-state index contributed by atoms with van der Waals surface area (Å²) < 4.78 is 6.65. The number of hydrogen-bond donors (Lipinski definition) is 0. The van der Waals surface area contributed by atoms with Crippen LogP contribution >= 0.6 is 0 Å². The summed E-state index contributed by atoms with van der Waals surface area (Å²) in [6, 6.07) is 7.35. The molecule has 1 fully saturated rings. The van der Waals surface area contributed by atoms with E-state index in [1.807, 2.05) is 19.2 Å². The molecule has 4 atom stereocenters. The van der Waals surface area contributed by atoms with Gasteiger partial charge in [-0.2, -0.15) is 0 Å². The minimum Gasteiger partial charge on any atom is -0.632 e. The lowest BCUT2D eigenvalue weighted by Gasteiger charge is -2.65. The number of carbonyl (C=O) groups is 1. The van der Waals surface area contributed by atoms with Gasteiger partial charge in [0.25, 0.3) is 0 Å². The van der Waals surface area contributed by atoms with Gasteiger partial charge >= 0.3 is 5.97 Å². The maximum absolute atomic E-state index is 13.4. The normalized spacial score (nSPS) is 31.9. The molecule has 2 aliphatic rings. The van der Waals surface area contributed by atoms with Gasteiger partial charge in [0.05, 0.1) is 19.3 Å². The summed E-state index contributed by atoms with van der Waals surface area (Å²) in [5.74, 6) is -0.764. The summed E-state index contributed by atoms with van der Waals surface area (Å²) in [6.45, 7) is 4.26. The second kappa shape index (κ2) is 4.69. The summed E-state index contributed by atoms with van der Waals surface area (Å²) >= 11 is 0. The van der Waals surface area contributed by atoms with E-state index in [-0.39, 0.29) is 10.6 Å². The summed E-state index contributed by atoms with van der Waals surface area (Å²) in [5, 5.41) is 14.6. The molecular weight excluding hydrogens is 292 g/mol. The molecule has 0 spiro atoms. The Bertz CT molecular complexity index is 825. The third-order valence-corrected chi connectivity index (χ3v) is 5.65. The molecule has 5 nitrogen and oxygen atoms in total. The van der Waals surface area contributed by atoms with Crippen LogP contribution in [-0.4, -0.2) is 34.9 Å². The van der Waals surface area contributed by atoms with Crippen molar-refractivity contribution < 1.29 is 14.2 Å². The number of aryl methyl sites for hydroxylation is 1. The number of ether oxygens (including phenoxy) is 1. The molecule has 3 heterocycles. The van der Waals surface area contributed by atoms with E-state index < -0.39 is 18.0 Å². The number of benzene rings is 1. The minimum absolute atomic E-state index is 0.317. The van der Waals surface area contributed by atoms with Gasteiger partial charge in [0.1, 0.15) is 6.04 Å². The fourth-order valence-electron chi connectivity index (χ4n) is 4.63. The van der Waals surface area contributed by atoms with Gasteiger partial charge in [0, 0.05) is 24.4 Å². The Morgan fingerprint density at radius 1 is 1.48 bits per heavy atom. The number of carbonyl (C=O) groups excluding carboxylic acids is 1. The van der Waals surface area contributed by atoms with Crippen molar-refractivity contribution in [2.45, 2.75) is 18.5 Å². The molecule has 0 aliphatic carbocycles. The first-order valence-electron chi connectivity index (χ1n) is 7.89. The number of aromatic nitrogens is 1. The average Bonchev–Trinajstić information content (AvgIpc) is 2.83. The smallest absolute Gasteiger partial charge is 0.321 e. The molecule has 23 heavy (non-hydrogen) atoms. The second-order valence-corrected chi connectivity index (χ2v) is 6.49. The van der Waals surface area contributed by atoms with Gasteiger partial charge in [0.15, 0.2) is 12.0 Å². The van der Waals surface area contributed by atoms with E-state index in [9.17, 15) is 10.0 Å². The number of hydrogen-bond acceptors (Lipinski definition) is 3. The van der Waals surface area contributed by atoms with Crippen LogP contribution in [0.25, 0.3) is 10.9 Å². The first kappa shape index (κ1) is 14.5. The number of quaternary nitrogens is 1. The standard InChI is InChI=1S/C18H20N2O3/c1-4-14-15(18(21)23-3)17-16-12(9-10-20(14,17)22)11-7-5-6-8-13(11)19(16)2/h4-8,14-15,17H,1,9-10H2,2-3H3/t14-,15+,17+,20?/m1/s1. The lowest BCUT2D eigenvalue weighted by molar-refractivity contribution is -0.983. The van der Waals surface area contributed by atoms with Crippen LogP contribution in [0.2, 0.25) is 0 Å². The van der Waals surface area contributed by atoms with Crippen molar-refractivity contribution in [2.75, 3.05) is 13.7 Å². The molecule has 1 aromatic heterocycles. The molecule has 4 rings (SSSR count). The molecule has 1 saturated heterocycles. The molecule has 120 valence electrons. The minimum atomic E-state index is -0.447. The monoisotopic (exact) mass is 312 g/mol. The van der Waals surface area contributed by atoms with E-state index in [1.54, 1.807) is 6.08 Å². The number of para-hydroxylation sites is 1. The van der Waals surface area contributed by atoms with Crippen LogP contribution < -0.4 is 0 Å². The fraction of sp³-hybridized carbons (Fsp3) is 0.389. The molecule has 2 aromatic rings. The highest BCUT2D eigenvalue weighted by Gasteiger charge is 2.64. The Labute approximate surface area is 134 Å². The zero-order chi connectivity index (χ0) is 16.4. The first-order chi connectivity index (χ1) is 11.0. The van der Waals surface area contributed by atoms with Crippen molar-refractivity contribution in [1.82, 2.24) is 4.57 Å². The van der Waals surface area contributed by atoms with Gasteiger partial charge in [-0.3, -0.25) is 4.79 Å². The Balaban J connectivity index is 1.94. The molecule has 5 heteroatoms. The maximum atomic E-state index is 13.4. The molecule has 1 unspecified atom stereocenters. The van der Waals surface area contributed by atoms with Crippen LogP contribution in [0.5, 0.6) is 0 Å². The zero-order valence-electron chi connectivity index (χ0n) is 13.4. The summed E-state index contributed by atoms with van der Waals surface area (Å²) in [7, 11) is 3.36. The van der Waals surface area contributed by atoms with E-state index in [1.165, 1.54) is 18.1 Å². The van der Waals surface area contributed by atoms with Gasteiger partial charge < -0.3 is 19.2 Å². The lowest BCUT2D eigenvalue weighted by atomic mass is 9.73. The topological polar surface area (TPSA) is 54.3 Å². The third kappa shape index (κ3) is 1.61. The van der Waals surface area contributed by atoms with Gasteiger partial charge in [0.2, 0.25) is 0 Å². The van der Waals surface area contributed by atoms with Crippen LogP contribution in [0.15, 0.2) is 36.9 Å². The van der Waals surface area contributed by atoms with Crippen molar-refractivity contribution in [1.29, 1.82) is 0 Å².